The van der Waals surface area contributed by atoms with E-state index in [1.807, 2.05) is 0 Å². The predicted octanol–water partition coefficient (Wildman–Crippen LogP) is 1.91. The molecule has 3 aliphatic heterocycles. The van der Waals surface area contributed by atoms with Crippen molar-refractivity contribution < 1.29 is 79.6 Å². The van der Waals surface area contributed by atoms with Gasteiger partial charge in [-0.1, -0.05) is 18.2 Å². The highest BCUT2D eigenvalue weighted by Crippen LogP contribution is 2.56. The SMILES string of the molecule is O=C1CC(c2ccc(O)c(O)c2)Oc2c1c(O)cc(O[C@@H]1O[C@H](CO)[C@@H](O)[C@H](O)[C@H]1O)c2[C@@H]1C(=O)c2c(O)cc(O)cc2O[C@H]1c1ccc(O)cc1. The number of ketones is 2. The number of aromatic hydroxyl groups is 6. The van der Waals surface area contributed by atoms with Crippen LogP contribution in [0.4, 0.5) is 0 Å². The Balaban J connectivity index is 1.47. The molecular formula is C36H32O16. The molecule has 0 aliphatic carbocycles. The Morgan fingerprint density at radius 2 is 1.38 bits per heavy atom. The van der Waals surface area contributed by atoms with Crippen molar-refractivity contribution in [1.29, 1.82) is 0 Å². The van der Waals surface area contributed by atoms with Gasteiger partial charge in [-0.3, -0.25) is 9.59 Å². The number of carbonyl (C=O) groups excluding carboxylic acids is 2. The molecule has 16 nitrogen and oxygen atoms in total. The highest BCUT2D eigenvalue weighted by molar-refractivity contribution is 6.09. The predicted molar refractivity (Wildman–Crippen MR) is 173 cm³/mol. The van der Waals surface area contributed by atoms with E-state index in [2.05, 4.69) is 0 Å². The lowest BCUT2D eigenvalue weighted by Gasteiger charge is -2.41. The van der Waals surface area contributed by atoms with Gasteiger partial charge >= 0.3 is 0 Å². The van der Waals surface area contributed by atoms with Crippen LogP contribution in [-0.4, -0.2) is 99.9 Å². The molecule has 0 saturated carbocycles. The number of rotatable bonds is 6. The molecule has 0 aromatic heterocycles. The Kier molecular flexibility index (Phi) is 8.72. The number of carbonyl (C=O) groups is 2. The second kappa shape index (κ2) is 13.1. The molecule has 7 rings (SSSR count). The Hall–Kier alpha value is -5.78. The van der Waals surface area contributed by atoms with E-state index < -0.39 is 113 Å². The van der Waals surface area contributed by atoms with Gasteiger partial charge in [-0.05, 0) is 35.4 Å². The van der Waals surface area contributed by atoms with Gasteiger partial charge in [0, 0.05) is 18.2 Å². The Morgan fingerprint density at radius 3 is 2.08 bits per heavy atom. The highest BCUT2D eigenvalue weighted by atomic mass is 16.7. The fraction of sp³-hybridized carbons (Fsp3) is 0.278. The maximum atomic E-state index is 14.7. The molecule has 52 heavy (non-hydrogen) atoms. The number of fused-ring (bicyclic) bond motifs is 2. The zero-order valence-electron chi connectivity index (χ0n) is 26.7. The molecular weight excluding hydrogens is 688 g/mol. The fourth-order valence-electron chi connectivity index (χ4n) is 6.72. The van der Waals surface area contributed by atoms with Gasteiger partial charge in [-0.15, -0.1) is 0 Å². The zero-order chi connectivity index (χ0) is 37.2. The molecule has 0 amide bonds. The minimum atomic E-state index is -1.96. The number of Topliss-reactive ketones (excluding diaryl/α,β-unsaturated/α-hetero) is 2. The number of hydrogen-bond donors (Lipinski definition) is 10. The Labute approximate surface area is 293 Å². The normalized spacial score (nSPS) is 26.8. The van der Waals surface area contributed by atoms with Gasteiger partial charge in [-0.2, -0.15) is 0 Å². The largest absolute Gasteiger partial charge is 0.508 e. The first-order valence-corrected chi connectivity index (χ1v) is 15.9. The second-order valence-corrected chi connectivity index (χ2v) is 12.6. The summed E-state index contributed by atoms with van der Waals surface area (Å²) in [4.78, 5) is 28.5. The average molecular weight is 721 g/mol. The van der Waals surface area contributed by atoms with Gasteiger partial charge in [0.2, 0.25) is 6.29 Å². The summed E-state index contributed by atoms with van der Waals surface area (Å²) >= 11 is 0. The molecule has 1 unspecified atom stereocenters. The van der Waals surface area contributed by atoms with Crippen LogP contribution in [0.5, 0.6) is 51.7 Å². The van der Waals surface area contributed by atoms with E-state index in [-0.39, 0.29) is 40.2 Å². The van der Waals surface area contributed by atoms with E-state index in [1.54, 1.807) is 0 Å². The van der Waals surface area contributed by atoms with E-state index in [9.17, 15) is 60.7 Å². The first-order chi connectivity index (χ1) is 24.8. The lowest BCUT2D eigenvalue weighted by molar-refractivity contribution is -0.277. The second-order valence-electron chi connectivity index (χ2n) is 12.6. The molecule has 1 saturated heterocycles. The number of aliphatic hydroxyl groups is 4. The number of phenols is 6. The van der Waals surface area contributed by atoms with Crippen LogP contribution >= 0.6 is 0 Å². The molecule has 4 aromatic carbocycles. The van der Waals surface area contributed by atoms with Crippen molar-refractivity contribution in [3.05, 3.63) is 88.5 Å². The summed E-state index contributed by atoms with van der Waals surface area (Å²) in [6, 6.07) is 12.1. The summed E-state index contributed by atoms with van der Waals surface area (Å²) in [5.74, 6) is -7.21. The summed E-state index contributed by atoms with van der Waals surface area (Å²) in [6.07, 6.45) is -11.8. The third-order valence-corrected chi connectivity index (χ3v) is 9.32. The van der Waals surface area contributed by atoms with Crippen molar-refractivity contribution in [2.75, 3.05) is 6.61 Å². The lowest BCUT2D eigenvalue weighted by atomic mass is 9.78. The molecule has 1 fully saturated rings. The van der Waals surface area contributed by atoms with E-state index >= 15 is 0 Å². The Morgan fingerprint density at radius 1 is 0.692 bits per heavy atom. The minimum Gasteiger partial charge on any atom is -0.508 e. The number of hydrogen-bond acceptors (Lipinski definition) is 16. The van der Waals surface area contributed by atoms with E-state index in [4.69, 9.17) is 18.9 Å². The third-order valence-electron chi connectivity index (χ3n) is 9.32. The maximum Gasteiger partial charge on any atom is 0.229 e. The molecule has 3 heterocycles. The smallest absolute Gasteiger partial charge is 0.229 e. The van der Waals surface area contributed by atoms with E-state index in [1.165, 1.54) is 36.4 Å². The van der Waals surface area contributed by atoms with Crippen molar-refractivity contribution in [3.63, 3.8) is 0 Å². The molecule has 0 radical (unpaired) electrons. The van der Waals surface area contributed by atoms with Crippen LogP contribution in [0.25, 0.3) is 0 Å². The number of aliphatic hydroxyl groups excluding tert-OH is 4. The summed E-state index contributed by atoms with van der Waals surface area (Å²) < 4.78 is 24.2. The standard InChI is InChI=1S/C36H32O16/c37-12-25-30(45)32(47)33(48)36(52-25)51-24-11-21(44)26-20(43)10-22(14-3-6-17(40)18(41)7-14)49-35(26)28(24)29-31(46)27-19(42)8-16(39)9-23(27)50-34(29)13-1-4-15(38)5-2-13/h1-9,11,22,25,29-30,32-34,36-42,44-45,47-48H,10,12H2/t22?,25-,29-,30-,32+,33-,34+,36-/m1/s1. The molecule has 4 aromatic rings. The van der Waals surface area contributed by atoms with Gasteiger partial charge in [0.1, 0.15) is 88.0 Å². The Bertz CT molecular complexity index is 2060. The minimum absolute atomic E-state index is 0.138. The molecule has 272 valence electrons. The first kappa shape index (κ1) is 34.7. The number of benzene rings is 4. The van der Waals surface area contributed by atoms with Crippen molar-refractivity contribution in [1.82, 2.24) is 0 Å². The van der Waals surface area contributed by atoms with Crippen molar-refractivity contribution >= 4 is 11.6 Å². The fourth-order valence-corrected chi connectivity index (χ4v) is 6.72. The van der Waals surface area contributed by atoms with Crippen LogP contribution in [0.3, 0.4) is 0 Å². The molecule has 3 aliphatic rings. The van der Waals surface area contributed by atoms with Gasteiger partial charge < -0.3 is 70.0 Å². The van der Waals surface area contributed by atoms with Crippen LogP contribution in [0, 0.1) is 0 Å². The summed E-state index contributed by atoms with van der Waals surface area (Å²) in [7, 11) is 0. The average Bonchev–Trinajstić information content (AvgIpc) is 3.10. The van der Waals surface area contributed by atoms with Crippen molar-refractivity contribution in [2.24, 2.45) is 0 Å². The molecule has 10 N–H and O–H groups in total. The van der Waals surface area contributed by atoms with Gasteiger partial charge in [0.15, 0.2) is 23.1 Å². The summed E-state index contributed by atoms with van der Waals surface area (Å²) in [5.41, 5.74) is -0.604. The molecule has 8 atom stereocenters. The van der Waals surface area contributed by atoms with Crippen LogP contribution in [0.15, 0.2) is 60.7 Å². The third kappa shape index (κ3) is 5.81. The quantitative estimate of drug-likeness (QED) is 0.127. The lowest BCUT2D eigenvalue weighted by Crippen LogP contribution is -2.60. The zero-order valence-corrected chi connectivity index (χ0v) is 26.7. The van der Waals surface area contributed by atoms with Gasteiger partial charge in [0.05, 0.1) is 24.5 Å². The van der Waals surface area contributed by atoms with E-state index in [0.717, 1.165) is 24.3 Å². The van der Waals surface area contributed by atoms with Crippen molar-refractivity contribution in [3.8, 4) is 51.7 Å². The van der Waals surface area contributed by atoms with Crippen LogP contribution in [0.1, 0.15) is 62.0 Å². The summed E-state index contributed by atoms with van der Waals surface area (Å²) in [5, 5.41) is 104. The first-order valence-electron chi connectivity index (χ1n) is 15.9. The monoisotopic (exact) mass is 720 g/mol. The van der Waals surface area contributed by atoms with Gasteiger partial charge in [-0.25, -0.2) is 0 Å². The number of phenolic OH excluding ortho intramolecular Hbond substituents is 6. The maximum absolute atomic E-state index is 14.7. The van der Waals surface area contributed by atoms with Crippen LogP contribution in [-0.2, 0) is 4.74 Å². The van der Waals surface area contributed by atoms with Crippen LogP contribution < -0.4 is 14.2 Å². The molecule has 0 bridgehead atoms. The van der Waals surface area contributed by atoms with Gasteiger partial charge in [0.25, 0.3) is 0 Å². The summed E-state index contributed by atoms with van der Waals surface area (Å²) in [6.45, 7) is -0.813. The van der Waals surface area contributed by atoms with Crippen molar-refractivity contribution in [2.45, 2.75) is 55.3 Å². The molecule has 0 spiro atoms. The molecule has 16 heteroatoms. The topological polar surface area (TPSA) is 273 Å². The number of ether oxygens (including phenoxy) is 4. The van der Waals surface area contributed by atoms with E-state index in [0.29, 0.717) is 0 Å². The van der Waals surface area contributed by atoms with Crippen LogP contribution in [0.2, 0.25) is 0 Å². The highest BCUT2D eigenvalue weighted by Gasteiger charge is 2.49.